The van der Waals surface area contributed by atoms with Crippen molar-refractivity contribution in [3.63, 3.8) is 0 Å². The largest absolute Gasteiger partial charge is 0.489 e. The van der Waals surface area contributed by atoms with Gasteiger partial charge in [0.25, 0.3) is 12.9 Å². The lowest BCUT2D eigenvalue weighted by Gasteiger charge is -2.55. The molecule has 20 nitrogen and oxygen atoms in total. The average molecular weight is 1230 g/mol. The van der Waals surface area contributed by atoms with E-state index in [1.165, 1.54) is 23.3 Å². The Morgan fingerprint density at radius 2 is 1.39 bits per heavy atom. The number of piperazine rings is 2. The first-order valence-corrected chi connectivity index (χ1v) is 31.8. The zero-order chi connectivity index (χ0) is 61.7. The van der Waals surface area contributed by atoms with Crippen LogP contribution in [-0.4, -0.2) is 212 Å². The van der Waals surface area contributed by atoms with Gasteiger partial charge in [-0.1, -0.05) is 32.2 Å². The molecular weight excluding hydrogens is 1150 g/mol. The number of halogens is 4. The molecule has 7 unspecified atom stereocenters. The number of aromatic nitrogens is 5. The van der Waals surface area contributed by atoms with E-state index in [-0.39, 0.29) is 59.0 Å². The first-order valence-electron chi connectivity index (χ1n) is 31.8. The van der Waals surface area contributed by atoms with Gasteiger partial charge in [-0.25, -0.2) is 27.5 Å². The van der Waals surface area contributed by atoms with E-state index >= 15 is 0 Å². The maximum Gasteiger partial charge on any atom is 0.284 e. The summed E-state index contributed by atoms with van der Waals surface area (Å²) >= 11 is 0. The van der Waals surface area contributed by atoms with Crippen LogP contribution in [0.2, 0.25) is 0 Å². The van der Waals surface area contributed by atoms with E-state index in [1.807, 2.05) is 52.5 Å². The van der Waals surface area contributed by atoms with E-state index in [0.717, 1.165) is 74.7 Å². The Labute approximate surface area is 517 Å². The summed E-state index contributed by atoms with van der Waals surface area (Å²) in [4.78, 5) is 55.3. The van der Waals surface area contributed by atoms with E-state index in [0.29, 0.717) is 134 Å². The first-order chi connectivity index (χ1) is 43.1. The number of piperidine rings is 2. The third-order valence-corrected chi connectivity index (χ3v) is 21.4. The van der Waals surface area contributed by atoms with Gasteiger partial charge in [0.2, 0.25) is 11.8 Å². The van der Waals surface area contributed by atoms with Crippen LogP contribution in [0, 0.1) is 19.8 Å². The molecule has 0 aromatic carbocycles. The van der Waals surface area contributed by atoms with Crippen LogP contribution in [0.4, 0.5) is 40.6 Å². The van der Waals surface area contributed by atoms with E-state index < -0.39 is 29.7 Å². The third-order valence-electron chi connectivity index (χ3n) is 21.4. The molecule has 4 aromatic rings. The van der Waals surface area contributed by atoms with Crippen molar-refractivity contribution in [3.8, 4) is 5.75 Å². The lowest BCUT2D eigenvalue weighted by Crippen LogP contribution is -2.69. The normalized spacial score (nSPS) is 28.2. The maximum atomic E-state index is 14.6. The van der Waals surface area contributed by atoms with Crippen molar-refractivity contribution in [2.75, 3.05) is 151 Å². The standard InChI is InChI=1S/C33H43F2N7O3.C32H38F2N6O4/c1-5-29(43)39-13-11-38(12-14-39)27-18-41-25(27)8-6-7-24-26(41)15-28(37-30(24)32(34)35)40-10-9-33(22(3)17-40)31-21(2)16-36-42(31)23(19-44-4)20-45-33;1-3-25(41)39-13-11-37(12-14-39)23-17-40-21(23)5-15-43-28-22(40)16-24(36-27(28)30(33)34)38-9-6-31(7-10-38)26-20(2)4-8-35-29(26)32(44-31)18-42-19-32/h5-7,15-16,22-23,25,27,32H,1,8-14,17-20H2,2-4H3;3-4,8,16,21,23,30H,1,5-7,9-15,17-19H2,2H3. The molecular formula is C65H81F4N13O7. The van der Waals surface area contributed by atoms with Crippen LogP contribution < -0.4 is 24.3 Å². The van der Waals surface area contributed by atoms with Crippen molar-refractivity contribution in [2.45, 2.75) is 113 Å². The summed E-state index contributed by atoms with van der Waals surface area (Å²) in [6.07, 6.45) is 8.57. The van der Waals surface area contributed by atoms with Gasteiger partial charge in [0.05, 0.1) is 68.0 Å². The molecule has 24 heteroatoms. The number of fused-ring (bicyclic) bond motifs is 11. The van der Waals surface area contributed by atoms with Gasteiger partial charge in [-0.15, -0.1) is 0 Å². The number of anilines is 4. The molecule has 15 heterocycles. The summed E-state index contributed by atoms with van der Waals surface area (Å²) in [5, 5.41) is 4.69. The van der Waals surface area contributed by atoms with Crippen molar-refractivity contribution >= 4 is 40.9 Å². The van der Waals surface area contributed by atoms with Gasteiger partial charge in [-0.2, -0.15) is 5.10 Å². The number of aryl methyl sites for hydroxylation is 2. The van der Waals surface area contributed by atoms with Crippen molar-refractivity contribution in [1.82, 2.24) is 44.3 Å². The van der Waals surface area contributed by atoms with Crippen LogP contribution in [-0.2, 0) is 45.3 Å². The molecule has 0 N–H and O–H groups in total. The molecule has 7 atom stereocenters. The molecule has 2 amide bonds. The fourth-order valence-electron chi connectivity index (χ4n) is 16.6. The minimum absolute atomic E-state index is 0.0225. The highest BCUT2D eigenvalue weighted by Gasteiger charge is 2.60. The lowest BCUT2D eigenvalue weighted by molar-refractivity contribution is -0.260. The van der Waals surface area contributed by atoms with Gasteiger partial charge in [0.1, 0.15) is 28.5 Å². The zero-order valence-electron chi connectivity index (χ0n) is 51.4. The van der Waals surface area contributed by atoms with Crippen molar-refractivity contribution in [1.29, 1.82) is 0 Å². The number of alkyl halides is 4. The van der Waals surface area contributed by atoms with E-state index in [2.05, 4.69) is 78.0 Å². The Morgan fingerprint density at radius 3 is 2.02 bits per heavy atom. The second-order valence-corrected chi connectivity index (χ2v) is 26.0. The Bertz CT molecular complexity index is 3410. The number of methoxy groups -OCH3 is 1. The maximum absolute atomic E-state index is 14.6. The minimum Gasteiger partial charge on any atom is -0.489 e. The van der Waals surface area contributed by atoms with Gasteiger partial charge in [-0.05, 0) is 68.9 Å². The molecule has 7 fully saturated rings. The fourth-order valence-corrected chi connectivity index (χ4v) is 16.6. The van der Waals surface area contributed by atoms with Gasteiger partial charge < -0.3 is 53.1 Å². The van der Waals surface area contributed by atoms with E-state index in [4.69, 9.17) is 33.8 Å². The Hall–Kier alpha value is -6.70. The second kappa shape index (κ2) is 23.5. The molecule has 0 radical (unpaired) electrons. The van der Waals surface area contributed by atoms with Crippen molar-refractivity contribution in [2.24, 2.45) is 5.92 Å². The number of amides is 2. The number of pyridine rings is 3. The van der Waals surface area contributed by atoms with Crippen LogP contribution in [0.1, 0.15) is 103 Å². The van der Waals surface area contributed by atoms with Crippen LogP contribution in [0.25, 0.3) is 6.08 Å². The van der Waals surface area contributed by atoms with Crippen molar-refractivity contribution < 1.29 is 50.8 Å². The molecule has 15 rings (SSSR count). The number of rotatable bonds is 10. The van der Waals surface area contributed by atoms with Crippen molar-refractivity contribution in [3.05, 3.63) is 107 Å². The summed E-state index contributed by atoms with van der Waals surface area (Å²) in [6, 6.07) is 6.97. The first kappa shape index (κ1) is 59.9. The summed E-state index contributed by atoms with van der Waals surface area (Å²) in [6.45, 7) is 25.9. The number of carbonyl (C=O) groups is 2. The molecule has 89 heavy (non-hydrogen) atoms. The van der Waals surface area contributed by atoms with Gasteiger partial charge >= 0.3 is 0 Å². The predicted molar refractivity (Wildman–Crippen MR) is 326 cm³/mol. The Balaban J connectivity index is 0.000000156. The highest BCUT2D eigenvalue weighted by molar-refractivity contribution is 5.87. The SMILES string of the molecule is C=CC(=O)N1CCN(C2CN3c4cc(N5CCC6(CC5)OC5(COC5)c5nccc(C)c56)nc(C(F)F)c4OCCC23)CC1.C=CC(=O)N1CCN(C2CN3c4cc(N5CCC6(OCC(COC)n7ncc(C)c76)C(C)C5)nc(C(F)F)c4C=CCC23)CC1. The van der Waals surface area contributed by atoms with E-state index in [1.54, 1.807) is 7.11 Å². The highest BCUT2D eigenvalue weighted by atomic mass is 19.3. The summed E-state index contributed by atoms with van der Waals surface area (Å²) < 4.78 is 90.8. The second-order valence-electron chi connectivity index (χ2n) is 26.0. The number of ether oxygens (including phenoxy) is 5. The molecule has 11 aliphatic rings. The predicted octanol–water partition coefficient (Wildman–Crippen LogP) is 6.93. The Morgan fingerprint density at radius 1 is 0.764 bits per heavy atom. The molecule has 11 aliphatic heterocycles. The Kier molecular flexibility index (Phi) is 15.8. The van der Waals surface area contributed by atoms with Crippen LogP contribution >= 0.6 is 0 Å². The number of hydrogen-bond acceptors (Lipinski definition) is 17. The van der Waals surface area contributed by atoms with Crippen LogP contribution in [0.3, 0.4) is 0 Å². The average Bonchev–Trinajstić information content (AvgIpc) is 1.60. The quantitative estimate of drug-likeness (QED) is 0.119. The molecule has 7 saturated heterocycles. The summed E-state index contributed by atoms with van der Waals surface area (Å²) in [7, 11) is 1.69. The zero-order valence-corrected chi connectivity index (χ0v) is 51.4. The van der Waals surface area contributed by atoms with Gasteiger partial charge in [0.15, 0.2) is 17.0 Å². The van der Waals surface area contributed by atoms with Gasteiger partial charge in [0, 0.05) is 165 Å². The van der Waals surface area contributed by atoms with Gasteiger partial charge in [-0.3, -0.25) is 29.1 Å². The highest BCUT2D eigenvalue weighted by Crippen LogP contribution is 2.56. The lowest BCUT2D eigenvalue weighted by atomic mass is 9.77. The molecule has 0 bridgehead atoms. The molecule has 476 valence electrons. The molecule has 4 aromatic heterocycles. The fraction of sp³-hybridized carbons (Fsp3) is 0.600. The van der Waals surface area contributed by atoms with Crippen LogP contribution in [0.15, 0.2) is 62.0 Å². The smallest absolute Gasteiger partial charge is 0.284 e. The van der Waals surface area contributed by atoms with Crippen LogP contribution in [0.5, 0.6) is 5.75 Å². The van der Waals surface area contributed by atoms with E-state index in [9.17, 15) is 27.2 Å². The number of carbonyl (C=O) groups excluding carboxylic acids is 2. The molecule has 0 saturated carbocycles. The minimum atomic E-state index is -2.75. The number of hydrogen-bond donors (Lipinski definition) is 0. The summed E-state index contributed by atoms with van der Waals surface area (Å²) in [5.74, 6) is 1.37. The number of nitrogens with zero attached hydrogens (tertiary/aromatic N) is 13. The topological polar surface area (TPSA) is 163 Å². The third kappa shape index (κ3) is 10.1. The summed E-state index contributed by atoms with van der Waals surface area (Å²) in [5.41, 5.74) is 5.69. The molecule has 0 aliphatic carbocycles. The molecule has 3 spiro atoms. The monoisotopic (exact) mass is 1230 g/mol.